The molecule has 2 heterocycles. The van der Waals surface area contributed by atoms with Crippen molar-refractivity contribution in [3.05, 3.63) is 11.7 Å². The van der Waals surface area contributed by atoms with E-state index in [-0.39, 0.29) is 5.92 Å². The molecule has 0 radical (unpaired) electrons. The number of hydrogen-bond acceptors (Lipinski definition) is 5. The van der Waals surface area contributed by atoms with Gasteiger partial charge in [0, 0.05) is 12.5 Å². The van der Waals surface area contributed by atoms with Gasteiger partial charge in [0.1, 0.15) is 0 Å². The van der Waals surface area contributed by atoms with Gasteiger partial charge in [-0.05, 0) is 19.3 Å². The highest BCUT2D eigenvalue weighted by atomic mass is 16.5. The maximum atomic E-state index is 10.0. The summed E-state index contributed by atoms with van der Waals surface area (Å²) in [7, 11) is 0. The monoisotopic (exact) mass is 280 g/mol. The molecule has 1 aliphatic heterocycles. The molecule has 1 aromatic rings. The van der Waals surface area contributed by atoms with Gasteiger partial charge in [-0.3, -0.25) is 0 Å². The van der Waals surface area contributed by atoms with Gasteiger partial charge in [0.2, 0.25) is 5.89 Å². The molecule has 112 valence electrons. The van der Waals surface area contributed by atoms with E-state index in [0.717, 1.165) is 18.7 Å². The summed E-state index contributed by atoms with van der Waals surface area (Å²) in [6.07, 6.45) is 9.03. The van der Waals surface area contributed by atoms with Crippen molar-refractivity contribution in [2.24, 2.45) is 0 Å². The minimum absolute atomic E-state index is 0.154. The Morgan fingerprint density at radius 2 is 1.75 bits per heavy atom. The molecular weight excluding hydrogens is 256 g/mol. The molecular formula is C15H24N2O3. The summed E-state index contributed by atoms with van der Waals surface area (Å²) >= 11 is 0. The second-order valence-corrected chi connectivity index (χ2v) is 6.07. The summed E-state index contributed by atoms with van der Waals surface area (Å²) in [4.78, 5) is 4.56. The largest absolute Gasteiger partial charge is 0.392 e. The Kier molecular flexibility index (Phi) is 4.68. The van der Waals surface area contributed by atoms with Gasteiger partial charge in [0.05, 0.1) is 18.6 Å². The molecule has 2 aliphatic rings. The molecule has 2 fully saturated rings. The number of aromatic nitrogens is 2. The molecule has 2 atom stereocenters. The lowest BCUT2D eigenvalue weighted by molar-refractivity contribution is -0.0149. The van der Waals surface area contributed by atoms with Gasteiger partial charge in [0.15, 0.2) is 5.82 Å². The summed E-state index contributed by atoms with van der Waals surface area (Å²) < 4.78 is 10.8. The van der Waals surface area contributed by atoms with Crippen molar-refractivity contribution in [2.45, 2.75) is 69.3 Å². The minimum Gasteiger partial charge on any atom is -0.392 e. The fraction of sp³-hybridized carbons (Fsp3) is 0.867. The summed E-state index contributed by atoms with van der Waals surface area (Å²) in [5, 5.41) is 14.2. The molecule has 3 rings (SSSR count). The van der Waals surface area contributed by atoms with Crippen LogP contribution in [0.3, 0.4) is 0 Å². The van der Waals surface area contributed by atoms with E-state index in [4.69, 9.17) is 9.26 Å². The van der Waals surface area contributed by atoms with Crippen molar-refractivity contribution in [3.63, 3.8) is 0 Å². The quantitative estimate of drug-likeness (QED) is 0.902. The van der Waals surface area contributed by atoms with Crippen molar-refractivity contribution in [1.29, 1.82) is 0 Å². The number of hydrogen-bond donors (Lipinski definition) is 1. The number of aliphatic hydroxyl groups excluding tert-OH is 1. The van der Waals surface area contributed by atoms with Gasteiger partial charge in [-0.2, -0.15) is 4.98 Å². The standard InChI is InChI=1S/C15H24N2O3/c18-13-8-9-19-10-12(13)15-16-14(17-20-15)11-6-4-2-1-3-5-7-11/h11-13,18H,1-10H2. The van der Waals surface area contributed by atoms with Crippen LogP contribution in [0.4, 0.5) is 0 Å². The average Bonchev–Trinajstić information content (AvgIpc) is 2.88. The van der Waals surface area contributed by atoms with E-state index < -0.39 is 6.10 Å². The van der Waals surface area contributed by atoms with Crippen molar-refractivity contribution in [2.75, 3.05) is 13.2 Å². The van der Waals surface area contributed by atoms with Gasteiger partial charge in [0.25, 0.3) is 0 Å². The Morgan fingerprint density at radius 1 is 1.00 bits per heavy atom. The number of ether oxygens (including phenoxy) is 1. The normalized spacial score (nSPS) is 29.9. The van der Waals surface area contributed by atoms with Crippen molar-refractivity contribution >= 4 is 0 Å². The highest BCUT2D eigenvalue weighted by molar-refractivity contribution is 5.02. The SMILES string of the molecule is OC1CCOCC1c1nc(C2CCCCCCC2)no1. The van der Waals surface area contributed by atoms with Crippen LogP contribution in [0.15, 0.2) is 4.52 Å². The molecule has 2 unspecified atom stereocenters. The summed E-state index contributed by atoms with van der Waals surface area (Å²) in [5.74, 6) is 1.65. The third-order valence-electron chi connectivity index (χ3n) is 4.56. The second-order valence-electron chi connectivity index (χ2n) is 6.07. The Morgan fingerprint density at radius 3 is 2.50 bits per heavy atom. The Bertz CT molecular complexity index is 413. The van der Waals surface area contributed by atoms with Gasteiger partial charge >= 0.3 is 0 Å². The Hall–Kier alpha value is -0.940. The molecule has 1 aromatic heterocycles. The van der Waals surface area contributed by atoms with E-state index in [0.29, 0.717) is 31.4 Å². The minimum atomic E-state index is -0.422. The van der Waals surface area contributed by atoms with E-state index in [1.54, 1.807) is 0 Å². The predicted molar refractivity (Wildman–Crippen MR) is 73.5 cm³/mol. The lowest BCUT2D eigenvalue weighted by atomic mass is 9.90. The van der Waals surface area contributed by atoms with E-state index in [9.17, 15) is 5.11 Å². The highest BCUT2D eigenvalue weighted by Crippen LogP contribution is 2.31. The first-order valence-corrected chi connectivity index (χ1v) is 7.94. The lowest BCUT2D eigenvalue weighted by Gasteiger charge is -2.24. The lowest BCUT2D eigenvalue weighted by Crippen LogP contribution is -2.30. The van der Waals surface area contributed by atoms with E-state index in [1.165, 1.54) is 32.1 Å². The third-order valence-corrected chi connectivity index (χ3v) is 4.56. The fourth-order valence-corrected chi connectivity index (χ4v) is 3.24. The zero-order valence-corrected chi connectivity index (χ0v) is 12.0. The zero-order valence-electron chi connectivity index (χ0n) is 12.0. The van der Waals surface area contributed by atoms with Crippen molar-refractivity contribution in [3.8, 4) is 0 Å². The van der Waals surface area contributed by atoms with Crippen LogP contribution in [0.1, 0.15) is 74.9 Å². The van der Waals surface area contributed by atoms with Gasteiger partial charge in [-0.1, -0.05) is 37.3 Å². The maximum absolute atomic E-state index is 10.0. The first-order valence-electron chi connectivity index (χ1n) is 7.94. The van der Waals surface area contributed by atoms with Gasteiger partial charge in [-0.25, -0.2) is 0 Å². The van der Waals surface area contributed by atoms with Crippen LogP contribution in [0.2, 0.25) is 0 Å². The fourth-order valence-electron chi connectivity index (χ4n) is 3.24. The zero-order chi connectivity index (χ0) is 13.8. The first kappa shape index (κ1) is 14.0. The molecule has 1 N–H and O–H groups in total. The van der Waals surface area contributed by atoms with Crippen molar-refractivity contribution in [1.82, 2.24) is 10.1 Å². The molecule has 0 aromatic carbocycles. The van der Waals surface area contributed by atoms with Crippen LogP contribution in [-0.2, 0) is 4.74 Å². The van der Waals surface area contributed by atoms with E-state index >= 15 is 0 Å². The molecule has 0 amide bonds. The predicted octanol–water partition coefficient (Wildman–Crippen LogP) is 2.76. The third kappa shape index (κ3) is 3.20. The summed E-state index contributed by atoms with van der Waals surface area (Å²) in [6.45, 7) is 1.09. The van der Waals surface area contributed by atoms with Crippen LogP contribution in [-0.4, -0.2) is 34.6 Å². The van der Waals surface area contributed by atoms with Crippen LogP contribution in [0, 0.1) is 0 Å². The smallest absolute Gasteiger partial charge is 0.234 e. The number of rotatable bonds is 2. The Balaban J connectivity index is 1.68. The maximum Gasteiger partial charge on any atom is 0.234 e. The molecule has 1 saturated heterocycles. The average molecular weight is 280 g/mol. The topological polar surface area (TPSA) is 68.4 Å². The molecule has 20 heavy (non-hydrogen) atoms. The Labute approximate surface area is 119 Å². The van der Waals surface area contributed by atoms with Crippen LogP contribution in [0.5, 0.6) is 0 Å². The van der Waals surface area contributed by atoms with Gasteiger partial charge in [-0.15, -0.1) is 0 Å². The van der Waals surface area contributed by atoms with Crippen LogP contribution < -0.4 is 0 Å². The first-order chi connectivity index (χ1) is 9.84. The molecule has 1 saturated carbocycles. The molecule has 1 aliphatic carbocycles. The number of aliphatic hydroxyl groups is 1. The molecule has 5 heteroatoms. The van der Waals surface area contributed by atoms with E-state index in [2.05, 4.69) is 10.1 Å². The molecule has 5 nitrogen and oxygen atoms in total. The molecule has 0 spiro atoms. The molecule has 0 bridgehead atoms. The highest BCUT2D eigenvalue weighted by Gasteiger charge is 2.31. The van der Waals surface area contributed by atoms with Crippen LogP contribution in [0.25, 0.3) is 0 Å². The second kappa shape index (κ2) is 6.68. The summed E-state index contributed by atoms with van der Waals surface area (Å²) in [6, 6.07) is 0. The summed E-state index contributed by atoms with van der Waals surface area (Å²) in [5.41, 5.74) is 0. The van der Waals surface area contributed by atoms with Crippen LogP contribution >= 0.6 is 0 Å². The van der Waals surface area contributed by atoms with Gasteiger partial charge < -0.3 is 14.4 Å². The number of nitrogens with zero attached hydrogens (tertiary/aromatic N) is 2. The van der Waals surface area contributed by atoms with Crippen molar-refractivity contribution < 1.29 is 14.4 Å². The van der Waals surface area contributed by atoms with E-state index in [1.807, 2.05) is 0 Å².